The Labute approximate surface area is 107 Å². The highest BCUT2D eigenvalue weighted by Crippen LogP contribution is 2.35. The van der Waals surface area contributed by atoms with E-state index in [0.29, 0.717) is 5.92 Å². The maximum absolute atomic E-state index is 11.7. The summed E-state index contributed by atoms with van der Waals surface area (Å²) in [4.78, 5) is 16.3. The Hall–Kier alpha value is -1.32. The molecule has 3 rings (SSSR count). The predicted octanol–water partition coefficient (Wildman–Crippen LogP) is 2.28. The van der Waals surface area contributed by atoms with Crippen LogP contribution in [0.5, 0.6) is 0 Å². The average Bonchev–Trinajstić information content (AvgIpc) is 3.05. The Morgan fingerprint density at radius 2 is 2.17 bits per heavy atom. The van der Waals surface area contributed by atoms with Gasteiger partial charge in [-0.05, 0) is 25.7 Å². The summed E-state index contributed by atoms with van der Waals surface area (Å²) in [6.07, 6.45) is 8.96. The van der Waals surface area contributed by atoms with Crippen LogP contribution in [0.3, 0.4) is 0 Å². The first kappa shape index (κ1) is 11.8. The molecule has 98 valence electrons. The normalized spacial score (nSPS) is 23.9. The number of imidazole rings is 1. The van der Waals surface area contributed by atoms with Crippen LogP contribution >= 0.6 is 0 Å². The van der Waals surface area contributed by atoms with Crippen molar-refractivity contribution in [3.63, 3.8) is 0 Å². The smallest absolute Gasteiger partial charge is 0.310 e. The van der Waals surface area contributed by atoms with Crippen molar-refractivity contribution in [2.24, 2.45) is 5.92 Å². The molecule has 1 aliphatic heterocycles. The van der Waals surface area contributed by atoms with Crippen molar-refractivity contribution in [2.75, 3.05) is 7.11 Å². The minimum Gasteiger partial charge on any atom is -0.469 e. The summed E-state index contributed by atoms with van der Waals surface area (Å²) >= 11 is 0. The second kappa shape index (κ2) is 4.75. The molecule has 4 nitrogen and oxygen atoms in total. The fourth-order valence-corrected chi connectivity index (χ4v) is 3.34. The zero-order valence-corrected chi connectivity index (χ0v) is 10.9. The average molecular weight is 248 g/mol. The summed E-state index contributed by atoms with van der Waals surface area (Å²) in [5, 5.41) is 0. The topological polar surface area (TPSA) is 44.1 Å². The van der Waals surface area contributed by atoms with E-state index in [9.17, 15) is 4.79 Å². The Morgan fingerprint density at radius 3 is 2.89 bits per heavy atom. The second-order valence-electron chi connectivity index (χ2n) is 5.46. The monoisotopic (exact) mass is 248 g/mol. The van der Waals surface area contributed by atoms with E-state index >= 15 is 0 Å². The van der Waals surface area contributed by atoms with Gasteiger partial charge in [-0.1, -0.05) is 12.8 Å². The molecular weight excluding hydrogens is 228 g/mol. The first-order valence-corrected chi connectivity index (χ1v) is 6.91. The molecule has 18 heavy (non-hydrogen) atoms. The lowest BCUT2D eigenvalue weighted by atomic mass is 9.97. The number of aryl methyl sites for hydroxylation is 1. The molecule has 1 unspecified atom stereocenters. The zero-order valence-electron chi connectivity index (χ0n) is 10.9. The molecule has 0 saturated heterocycles. The Morgan fingerprint density at radius 1 is 1.39 bits per heavy atom. The molecule has 1 saturated carbocycles. The molecule has 1 aliphatic carbocycles. The molecule has 0 N–H and O–H groups in total. The highest BCUT2D eigenvalue weighted by atomic mass is 16.5. The lowest BCUT2D eigenvalue weighted by Crippen LogP contribution is -2.28. The highest BCUT2D eigenvalue weighted by Gasteiger charge is 2.30. The SMILES string of the molecule is COC(=O)C1CCc2cnc(C3CCCC3)n2C1. The van der Waals surface area contributed by atoms with Crippen LogP contribution in [0, 0.1) is 5.92 Å². The summed E-state index contributed by atoms with van der Waals surface area (Å²) in [5.74, 6) is 1.75. The Balaban J connectivity index is 1.84. The molecule has 1 fully saturated rings. The van der Waals surface area contributed by atoms with E-state index in [1.807, 2.05) is 6.20 Å². The van der Waals surface area contributed by atoms with Crippen molar-refractivity contribution in [2.45, 2.75) is 51.0 Å². The van der Waals surface area contributed by atoms with E-state index in [4.69, 9.17) is 4.74 Å². The van der Waals surface area contributed by atoms with Crippen LogP contribution in [-0.2, 0) is 22.5 Å². The number of esters is 1. The number of carbonyl (C=O) groups is 1. The molecule has 4 heteroatoms. The van der Waals surface area contributed by atoms with Gasteiger partial charge in [-0.3, -0.25) is 4.79 Å². The van der Waals surface area contributed by atoms with Gasteiger partial charge < -0.3 is 9.30 Å². The number of fused-ring (bicyclic) bond motifs is 1. The first-order valence-electron chi connectivity index (χ1n) is 6.91. The summed E-state index contributed by atoms with van der Waals surface area (Å²) in [7, 11) is 1.48. The fraction of sp³-hybridized carbons (Fsp3) is 0.714. The summed E-state index contributed by atoms with van der Waals surface area (Å²) in [5.41, 5.74) is 1.29. The van der Waals surface area contributed by atoms with Gasteiger partial charge in [0.25, 0.3) is 0 Å². The van der Waals surface area contributed by atoms with Gasteiger partial charge in [0.15, 0.2) is 0 Å². The predicted molar refractivity (Wildman–Crippen MR) is 67.3 cm³/mol. The van der Waals surface area contributed by atoms with Gasteiger partial charge in [-0.15, -0.1) is 0 Å². The van der Waals surface area contributed by atoms with E-state index < -0.39 is 0 Å². The standard InChI is InChI=1S/C14H20N2O2/c1-18-14(17)11-6-7-12-8-15-13(16(12)9-11)10-4-2-3-5-10/h8,10-11H,2-7,9H2,1H3. The van der Waals surface area contributed by atoms with Crippen LogP contribution in [0.1, 0.15) is 49.5 Å². The molecule has 1 aromatic rings. The van der Waals surface area contributed by atoms with E-state index in [1.165, 1.54) is 44.3 Å². The third-order valence-electron chi connectivity index (χ3n) is 4.38. The number of methoxy groups -OCH3 is 1. The van der Waals surface area contributed by atoms with Crippen molar-refractivity contribution in [3.8, 4) is 0 Å². The van der Waals surface area contributed by atoms with Crippen molar-refractivity contribution in [1.82, 2.24) is 9.55 Å². The molecular formula is C14H20N2O2. The van der Waals surface area contributed by atoms with Crippen LogP contribution in [-0.4, -0.2) is 22.6 Å². The van der Waals surface area contributed by atoms with E-state index in [2.05, 4.69) is 9.55 Å². The highest BCUT2D eigenvalue weighted by molar-refractivity contribution is 5.72. The molecule has 0 spiro atoms. The van der Waals surface area contributed by atoms with Crippen LogP contribution in [0.4, 0.5) is 0 Å². The van der Waals surface area contributed by atoms with Gasteiger partial charge in [0, 0.05) is 24.4 Å². The van der Waals surface area contributed by atoms with Gasteiger partial charge in [0.1, 0.15) is 5.82 Å². The summed E-state index contributed by atoms with van der Waals surface area (Å²) in [6, 6.07) is 0. The number of carbonyl (C=O) groups excluding carboxylic acids is 1. The molecule has 2 heterocycles. The van der Waals surface area contributed by atoms with Crippen LogP contribution in [0.15, 0.2) is 6.20 Å². The van der Waals surface area contributed by atoms with Crippen LogP contribution < -0.4 is 0 Å². The zero-order chi connectivity index (χ0) is 12.5. The lowest BCUT2D eigenvalue weighted by Gasteiger charge is -2.25. The molecule has 1 atom stereocenters. The molecule has 2 aliphatic rings. The van der Waals surface area contributed by atoms with Gasteiger partial charge in [0.2, 0.25) is 0 Å². The van der Waals surface area contributed by atoms with Gasteiger partial charge in [-0.25, -0.2) is 4.98 Å². The number of hydrogen-bond acceptors (Lipinski definition) is 3. The van der Waals surface area contributed by atoms with E-state index in [-0.39, 0.29) is 11.9 Å². The van der Waals surface area contributed by atoms with E-state index in [1.54, 1.807) is 0 Å². The Bertz CT molecular complexity index is 447. The lowest BCUT2D eigenvalue weighted by molar-refractivity contribution is -0.146. The van der Waals surface area contributed by atoms with Gasteiger partial charge in [0.05, 0.1) is 13.0 Å². The molecule has 1 aromatic heterocycles. The maximum atomic E-state index is 11.7. The number of aromatic nitrogens is 2. The van der Waals surface area contributed by atoms with Gasteiger partial charge in [-0.2, -0.15) is 0 Å². The van der Waals surface area contributed by atoms with Crippen LogP contribution in [0.25, 0.3) is 0 Å². The van der Waals surface area contributed by atoms with Crippen molar-refractivity contribution in [3.05, 3.63) is 17.7 Å². The Kier molecular flexibility index (Phi) is 3.10. The van der Waals surface area contributed by atoms with Gasteiger partial charge >= 0.3 is 5.97 Å². The number of rotatable bonds is 2. The molecule has 0 radical (unpaired) electrons. The van der Waals surface area contributed by atoms with Crippen molar-refractivity contribution >= 4 is 5.97 Å². The van der Waals surface area contributed by atoms with Crippen LogP contribution in [0.2, 0.25) is 0 Å². The summed E-state index contributed by atoms with van der Waals surface area (Å²) in [6.45, 7) is 0.758. The minimum atomic E-state index is -0.0771. The summed E-state index contributed by atoms with van der Waals surface area (Å²) < 4.78 is 7.15. The largest absolute Gasteiger partial charge is 0.469 e. The molecule has 0 bridgehead atoms. The number of ether oxygens (including phenoxy) is 1. The second-order valence-corrected chi connectivity index (χ2v) is 5.46. The molecule has 0 amide bonds. The number of nitrogens with zero attached hydrogens (tertiary/aromatic N) is 2. The fourth-order valence-electron chi connectivity index (χ4n) is 3.34. The first-order chi connectivity index (χ1) is 8.79. The minimum absolute atomic E-state index is 0.0110. The molecule has 0 aromatic carbocycles. The third kappa shape index (κ3) is 1.93. The quantitative estimate of drug-likeness (QED) is 0.754. The third-order valence-corrected chi connectivity index (χ3v) is 4.38. The maximum Gasteiger partial charge on any atom is 0.310 e. The van der Waals surface area contributed by atoms with Crippen molar-refractivity contribution < 1.29 is 9.53 Å². The van der Waals surface area contributed by atoms with E-state index in [0.717, 1.165) is 19.4 Å². The van der Waals surface area contributed by atoms with Crippen molar-refractivity contribution in [1.29, 1.82) is 0 Å². The number of hydrogen-bond donors (Lipinski definition) is 0.